The highest BCUT2D eigenvalue weighted by atomic mass is 32.2. The molecule has 0 radical (unpaired) electrons. The SMILES string of the molecule is O=C(O)CCC/C=C\C[C@H]1[C@@H](CNC(=O)CNC(=O)CSCC2CCCCC2)[C@H]2CC[C@@H]1O2. The van der Waals surface area contributed by atoms with E-state index >= 15 is 0 Å². The van der Waals surface area contributed by atoms with E-state index in [1.54, 1.807) is 11.8 Å². The van der Waals surface area contributed by atoms with Crippen LogP contribution >= 0.6 is 11.8 Å². The Morgan fingerprint density at radius 1 is 0.939 bits per heavy atom. The summed E-state index contributed by atoms with van der Waals surface area (Å²) in [5, 5.41) is 14.5. The van der Waals surface area contributed by atoms with E-state index in [2.05, 4.69) is 22.8 Å². The van der Waals surface area contributed by atoms with Gasteiger partial charge in [0.2, 0.25) is 11.8 Å². The van der Waals surface area contributed by atoms with E-state index in [1.165, 1.54) is 32.1 Å². The van der Waals surface area contributed by atoms with Crippen LogP contribution in [0.25, 0.3) is 0 Å². The molecule has 2 saturated heterocycles. The molecule has 2 aliphatic heterocycles. The van der Waals surface area contributed by atoms with E-state index in [0.717, 1.165) is 37.4 Å². The molecule has 2 heterocycles. The van der Waals surface area contributed by atoms with Crippen LogP contribution in [-0.2, 0) is 19.1 Å². The number of carbonyl (C=O) groups excluding carboxylic acids is 2. The van der Waals surface area contributed by atoms with Gasteiger partial charge in [-0.15, -0.1) is 0 Å². The van der Waals surface area contributed by atoms with Crippen molar-refractivity contribution in [2.75, 3.05) is 24.6 Å². The van der Waals surface area contributed by atoms with Crippen LogP contribution in [0.4, 0.5) is 0 Å². The van der Waals surface area contributed by atoms with E-state index in [4.69, 9.17) is 9.84 Å². The standard InChI is InChI=1S/C25H40N2O5S/c28-23(15-27-24(29)17-33-16-18-8-4-3-5-9-18)26-14-20-19(21-12-13-22(20)32-21)10-6-1-2-7-11-25(30)31/h1,6,18-22H,2-5,7-17H2,(H,26,28)(H,27,29)(H,30,31)/b6-1-/t19-,20+,21-,22+/m0/s1. The molecule has 1 saturated carbocycles. The molecule has 0 spiro atoms. The van der Waals surface area contributed by atoms with Crippen molar-refractivity contribution in [1.82, 2.24) is 10.6 Å². The summed E-state index contributed by atoms with van der Waals surface area (Å²) in [4.78, 5) is 34.9. The summed E-state index contributed by atoms with van der Waals surface area (Å²) < 4.78 is 6.10. The highest BCUT2D eigenvalue weighted by Gasteiger charge is 2.47. The molecular formula is C25H40N2O5S. The molecule has 3 N–H and O–H groups in total. The Morgan fingerprint density at radius 2 is 1.70 bits per heavy atom. The molecule has 8 heteroatoms. The van der Waals surface area contributed by atoms with Crippen molar-refractivity contribution >= 4 is 29.5 Å². The molecule has 7 nitrogen and oxygen atoms in total. The van der Waals surface area contributed by atoms with Gasteiger partial charge in [-0.2, -0.15) is 11.8 Å². The maximum Gasteiger partial charge on any atom is 0.303 e. The van der Waals surface area contributed by atoms with Gasteiger partial charge in [0.05, 0.1) is 24.5 Å². The zero-order valence-electron chi connectivity index (χ0n) is 19.6. The molecule has 0 aromatic rings. The summed E-state index contributed by atoms with van der Waals surface area (Å²) in [5.41, 5.74) is 0. The van der Waals surface area contributed by atoms with Crippen LogP contribution in [0.15, 0.2) is 12.2 Å². The second-order valence-electron chi connectivity index (χ2n) is 9.71. The minimum absolute atomic E-state index is 0.0264. The summed E-state index contributed by atoms with van der Waals surface area (Å²) in [6.07, 6.45) is 15.8. The Balaban J connectivity index is 1.29. The van der Waals surface area contributed by atoms with E-state index in [1.807, 2.05) is 0 Å². The first-order chi connectivity index (χ1) is 16.0. The van der Waals surface area contributed by atoms with Crippen LogP contribution in [0.2, 0.25) is 0 Å². The smallest absolute Gasteiger partial charge is 0.303 e. The zero-order valence-corrected chi connectivity index (χ0v) is 20.5. The maximum atomic E-state index is 12.3. The number of nitrogens with one attached hydrogen (secondary N) is 2. The number of fused-ring (bicyclic) bond motifs is 2. The van der Waals surface area contributed by atoms with Crippen molar-refractivity contribution in [3.05, 3.63) is 12.2 Å². The average molecular weight is 481 g/mol. The number of carboxylic acids is 1. The second-order valence-corrected chi connectivity index (χ2v) is 10.7. The highest BCUT2D eigenvalue weighted by molar-refractivity contribution is 7.99. The van der Waals surface area contributed by atoms with Crippen LogP contribution < -0.4 is 10.6 Å². The molecule has 3 fully saturated rings. The molecular weight excluding hydrogens is 440 g/mol. The third-order valence-corrected chi connectivity index (χ3v) is 8.39. The van der Waals surface area contributed by atoms with Crippen LogP contribution in [0.1, 0.15) is 70.6 Å². The minimum Gasteiger partial charge on any atom is -0.481 e. The van der Waals surface area contributed by atoms with Gasteiger partial charge in [-0.05, 0) is 62.5 Å². The number of unbranched alkanes of at least 4 members (excludes halogenated alkanes) is 1. The number of allylic oxidation sites excluding steroid dienone is 2. The maximum absolute atomic E-state index is 12.3. The summed E-state index contributed by atoms with van der Waals surface area (Å²) in [6, 6.07) is 0. The van der Waals surface area contributed by atoms with Gasteiger partial charge in [0, 0.05) is 18.9 Å². The molecule has 0 aromatic carbocycles. The van der Waals surface area contributed by atoms with Crippen molar-refractivity contribution in [3.63, 3.8) is 0 Å². The normalized spacial score (nSPS) is 27.2. The van der Waals surface area contributed by atoms with Crippen molar-refractivity contribution in [3.8, 4) is 0 Å². The number of ether oxygens (including phenoxy) is 1. The topological polar surface area (TPSA) is 105 Å². The Labute approximate surface area is 201 Å². The highest BCUT2D eigenvalue weighted by Crippen LogP contribution is 2.44. The van der Waals surface area contributed by atoms with E-state index in [-0.39, 0.29) is 42.9 Å². The Bertz CT molecular complexity index is 680. The number of rotatable bonds is 14. The number of carbonyl (C=O) groups is 3. The van der Waals surface area contributed by atoms with Crippen molar-refractivity contribution < 1.29 is 24.2 Å². The molecule has 1 aliphatic carbocycles. The lowest BCUT2D eigenvalue weighted by Crippen LogP contribution is -2.42. The summed E-state index contributed by atoms with van der Waals surface area (Å²) in [5.74, 6) is 1.91. The van der Waals surface area contributed by atoms with Gasteiger partial charge in [0.15, 0.2) is 0 Å². The number of hydrogen-bond donors (Lipinski definition) is 3. The molecule has 4 atom stereocenters. The third kappa shape index (κ3) is 8.96. The van der Waals surface area contributed by atoms with Crippen molar-refractivity contribution in [1.29, 1.82) is 0 Å². The van der Waals surface area contributed by atoms with E-state index in [9.17, 15) is 14.4 Å². The van der Waals surface area contributed by atoms with Crippen molar-refractivity contribution in [2.45, 2.75) is 82.8 Å². The first-order valence-electron chi connectivity index (χ1n) is 12.7. The molecule has 33 heavy (non-hydrogen) atoms. The predicted molar refractivity (Wildman–Crippen MR) is 130 cm³/mol. The van der Waals surface area contributed by atoms with Crippen molar-refractivity contribution in [2.24, 2.45) is 17.8 Å². The largest absolute Gasteiger partial charge is 0.481 e. The summed E-state index contributed by atoms with van der Waals surface area (Å²) in [7, 11) is 0. The van der Waals surface area contributed by atoms with Gasteiger partial charge >= 0.3 is 5.97 Å². The zero-order chi connectivity index (χ0) is 23.5. The lowest BCUT2D eigenvalue weighted by molar-refractivity contribution is -0.137. The quantitative estimate of drug-likeness (QED) is 0.260. The fraction of sp³-hybridized carbons (Fsp3) is 0.800. The second kappa shape index (κ2) is 14.0. The monoisotopic (exact) mass is 480 g/mol. The van der Waals surface area contributed by atoms with Gasteiger partial charge < -0.3 is 20.5 Å². The molecule has 0 unspecified atom stereocenters. The summed E-state index contributed by atoms with van der Waals surface area (Å²) in [6.45, 7) is 0.600. The van der Waals surface area contributed by atoms with Crippen LogP contribution in [0.3, 0.4) is 0 Å². The number of carboxylic acid groups (broad SMARTS) is 1. The van der Waals surface area contributed by atoms with E-state index < -0.39 is 5.97 Å². The van der Waals surface area contributed by atoms with Gasteiger partial charge in [-0.25, -0.2) is 0 Å². The minimum atomic E-state index is -0.755. The fourth-order valence-corrected chi connectivity index (χ4v) is 6.49. The first kappa shape index (κ1) is 26.1. The third-order valence-electron chi connectivity index (χ3n) is 7.22. The molecule has 3 aliphatic rings. The predicted octanol–water partition coefficient (Wildman–Crippen LogP) is 3.53. The Morgan fingerprint density at radius 3 is 2.45 bits per heavy atom. The average Bonchev–Trinajstić information content (AvgIpc) is 3.41. The van der Waals surface area contributed by atoms with E-state index in [0.29, 0.717) is 24.6 Å². The lowest BCUT2D eigenvalue weighted by Gasteiger charge is -2.27. The Hall–Kier alpha value is -1.54. The lowest BCUT2D eigenvalue weighted by atomic mass is 9.77. The molecule has 186 valence electrons. The molecule has 3 rings (SSSR count). The van der Waals surface area contributed by atoms with Gasteiger partial charge in [-0.1, -0.05) is 31.4 Å². The number of hydrogen-bond acceptors (Lipinski definition) is 5. The van der Waals surface area contributed by atoms with Crippen LogP contribution in [0.5, 0.6) is 0 Å². The van der Waals surface area contributed by atoms with Gasteiger partial charge in [0.1, 0.15) is 0 Å². The molecule has 2 amide bonds. The van der Waals surface area contributed by atoms with Crippen LogP contribution in [-0.4, -0.2) is 59.7 Å². The number of amides is 2. The van der Waals surface area contributed by atoms with Crippen LogP contribution in [0, 0.1) is 17.8 Å². The summed E-state index contributed by atoms with van der Waals surface area (Å²) >= 11 is 1.68. The fourth-order valence-electron chi connectivity index (χ4n) is 5.42. The number of thioether (sulfide) groups is 1. The number of aliphatic carboxylic acids is 1. The van der Waals surface area contributed by atoms with Gasteiger partial charge in [-0.3, -0.25) is 14.4 Å². The molecule has 0 aromatic heterocycles. The van der Waals surface area contributed by atoms with Gasteiger partial charge in [0.25, 0.3) is 0 Å². The molecule has 2 bridgehead atoms. The first-order valence-corrected chi connectivity index (χ1v) is 13.8. The Kier molecular flexibility index (Phi) is 11.1.